The van der Waals surface area contributed by atoms with Gasteiger partial charge in [0.1, 0.15) is 0 Å². The van der Waals surface area contributed by atoms with E-state index in [4.69, 9.17) is 49.3 Å². The molecule has 2 fully saturated rings. The largest absolute Gasteiger partial charge is 0.166 e. The Labute approximate surface area is 332 Å². The topological polar surface area (TPSA) is 0 Å². The van der Waals surface area contributed by atoms with E-state index in [1.165, 1.54) is 100 Å². The smallest absolute Gasteiger partial charge is 0.0543 e. The summed E-state index contributed by atoms with van der Waals surface area (Å²) in [7, 11) is 0. The van der Waals surface area contributed by atoms with Gasteiger partial charge in [-0.2, -0.15) is 12.6 Å². The Hall–Kier alpha value is -2.36. The number of allylic oxidation sites excluding steroid dienone is 3. The lowest BCUT2D eigenvalue weighted by Crippen LogP contribution is -2.28. The van der Waals surface area contributed by atoms with Crippen LogP contribution in [-0.2, 0) is 10.8 Å². The van der Waals surface area contributed by atoms with Crippen LogP contribution in [0.5, 0.6) is 0 Å². The molecule has 1 unspecified atom stereocenters. The Balaban J connectivity index is 1.06. The SMILES string of the molecule is S=C1C(=Cc2cc3sc4c(c3s2)C2(CCCCC2)C2=C4C3(CCCCC3)c3cc(/C=C4/C(=S)c5ccccc5C4S)sc32)C(=S)c2ccccc21. The van der Waals surface area contributed by atoms with Gasteiger partial charge in [-0.3, -0.25) is 0 Å². The molecule has 2 aromatic carbocycles. The van der Waals surface area contributed by atoms with Crippen molar-refractivity contribution in [2.75, 3.05) is 0 Å². The number of thiocarbonyl (C=S) groups is 3. The first-order valence-corrected chi connectivity index (χ1v) is 22.5. The second-order valence-corrected chi connectivity index (χ2v) is 20.2. The number of fused-ring (bicyclic) bond motifs is 12. The second-order valence-electron chi connectivity index (χ2n) is 15.3. The maximum absolute atomic E-state index is 6.07. The molecule has 3 aromatic heterocycles. The van der Waals surface area contributed by atoms with Crippen molar-refractivity contribution in [2.45, 2.75) is 80.3 Å². The fourth-order valence-corrected chi connectivity index (χ4v) is 16.5. The zero-order chi connectivity index (χ0) is 34.2. The maximum atomic E-state index is 6.07. The molecule has 0 radical (unpaired) electrons. The van der Waals surface area contributed by atoms with Crippen LogP contribution in [0.3, 0.4) is 0 Å². The molecular formula is C44H34S7. The Morgan fingerprint density at radius 2 is 1.24 bits per heavy atom. The van der Waals surface area contributed by atoms with Crippen LogP contribution in [0.1, 0.15) is 122 Å². The predicted molar refractivity (Wildman–Crippen MR) is 236 cm³/mol. The van der Waals surface area contributed by atoms with E-state index < -0.39 is 0 Å². The zero-order valence-corrected chi connectivity index (χ0v) is 33.8. The van der Waals surface area contributed by atoms with Gasteiger partial charge in [0, 0.05) is 56.6 Å². The van der Waals surface area contributed by atoms with Gasteiger partial charge in [0.05, 0.1) is 19.7 Å². The molecular weight excluding hydrogens is 753 g/mol. The van der Waals surface area contributed by atoms with Crippen LogP contribution in [0, 0.1) is 0 Å². The molecule has 1 atom stereocenters. The van der Waals surface area contributed by atoms with Crippen molar-refractivity contribution in [1.29, 1.82) is 0 Å². The Bertz CT molecular complexity index is 2470. The second kappa shape index (κ2) is 11.6. The average Bonchev–Trinajstić information content (AvgIpc) is 4.00. The fourth-order valence-electron chi connectivity index (χ4n) is 10.6. The Morgan fingerprint density at radius 1 is 0.627 bits per heavy atom. The molecule has 6 aliphatic rings. The standard InChI is InChI=1S/C44H34S7/c45-36-25-11-3-4-12-26(25)37(46)29(36)19-23-21-31-40(49-23)33-34(43(31)15-7-1-8-16-43)42-35(44(33)17-9-2-10-18-44)41-32(51-42)22-24(50-41)20-30-38(47)27-13-5-6-14-28(27)39(30)48/h3-6,11-14,19-22,36,45H,1-2,7-10,15-18H2/b29-19+. The van der Waals surface area contributed by atoms with Crippen LogP contribution in [-0.4, -0.2) is 14.6 Å². The van der Waals surface area contributed by atoms with Gasteiger partial charge >= 0.3 is 0 Å². The van der Waals surface area contributed by atoms with Crippen LogP contribution in [0.25, 0.3) is 32.7 Å². The van der Waals surface area contributed by atoms with Crippen molar-refractivity contribution in [1.82, 2.24) is 0 Å². The maximum Gasteiger partial charge on any atom is 0.0543 e. The van der Waals surface area contributed by atoms with Gasteiger partial charge in [-0.25, -0.2) is 0 Å². The Kier molecular flexibility index (Phi) is 7.28. The number of rotatable bonds is 2. The van der Waals surface area contributed by atoms with E-state index in [-0.39, 0.29) is 16.1 Å². The molecule has 0 N–H and O–H groups in total. The minimum atomic E-state index is 0.0330. The van der Waals surface area contributed by atoms with Gasteiger partial charge in [-0.1, -0.05) is 124 Å². The van der Waals surface area contributed by atoms with E-state index in [2.05, 4.69) is 84.2 Å². The normalized spacial score (nSPS) is 23.2. The summed E-state index contributed by atoms with van der Waals surface area (Å²) >= 11 is 29.2. The summed E-state index contributed by atoms with van der Waals surface area (Å²) in [5.41, 5.74) is 13.8. The van der Waals surface area contributed by atoms with Crippen molar-refractivity contribution in [2.24, 2.45) is 0 Å². The molecule has 51 heavy (non-hydrogen) atoms. The first kappa shape index (κ1) is 32.1. The van der Waals surface area contributed by atoms with Crippen molar-refractivity contribution >= 4 is 131 Å². The summed E-state index contributed by atoms with van der Waals surface area (Å²) in [4.78, 5) is 8.59. The minimum absolute atomic E-state index is 0.0330. The van der Waals surface area contributed by atoms with Crippen LogP contribution < -0.4 is 0 Å². The molecule has 6 aliphatic carbocycles. The third kappa shape index (κ3) is 4.32. The lowest BCUT2D eigenvalue weighted by atomic mass is 9.67. The molecule has 5 aromatic rings. The summed E-state index contributed by atoms with van der Waals surface area (Å²) in [5.74, 6) is 0. The van der Waals surface area contributed by atoms with E-state index in [9.17, 15) is 0 Å². The highest BCUT2D eigenvalue weighted by atomic mass is 32.1. The van der Waals surface area contributed by atoms with Crippen LogP contribution in [0.4, 0.5) is 0 Å². The van der Waals surface area contributed by atoms with Gasteiger partial charge in [0.25, 0.3) is 0 Å². The molecule has 3 heterocycles. The van der Waals surface area contributed by atoms with Gasteiger partial charge in [0.2, 0.25) is 0 Å². The molecule has 2 spiro atoms. The third-order valence-corrected chi connectivity index (χ3v) is 18.1. The lowest BCUT2D eigenvalue weighted by molar-refractivity contribution is 0.373. The molecule has 2 saturated carbocycles. The zero-order valence-electron chi connectivity index (χ0n) is 28.0. The first-order valence-electron chi connectivity index (χ1n) is 18.3. The highest BCUT2D eigenvalue weighted by molar-refractivity contribution is 7.84. The van der Waals surface area contributed by atoms with Crippen molar-refractivity contribution in [3.05, 3.63) is 125 Å². The molecule has 0 amide bonds. The minimum Gasteiger partial charge on any atom is -0.166 e. The van der Waals surface area contributed by atoms with Crippen molar-refractivity contribution in [3.63, 3.8) is 0 Å². The molecule has 0 aliphatic heterocycles. The molecule has 0 saturated heterocycles. The monoisotopic (exact) mass is 786 g/mol. The van der Waals surface area contributed by atoms with Crippen LogP contribution in [0.15, 0.2) is 71.8 Å². The van der Waals surface area contributed by atoms with E-state index in [1.807, 2.05) is 22.7 Å². The highest BCUT2D eigenvalue weighted by Crippen LogP contribution is 2.72. The molecule has 11 rings (SSSR count). The first-order chi connectivity index (χ1) is 24.9. The van der Waals surface area contributed by atoms with E-state index in [0.29, 0.717) is 0 Å². The predicted octanol–water partition coefficient (Wildman–Crippen LogP) is 13.7. The molecule has 252 valence electrons. The summed E-state index contributed by atoms with van der Waals surface area (Å²) < 4.78 is 2.96. The number of thiophene rings is 3. The van der Waals surface area contributed by atoms with E-state index >= 15 is 0 Å². The molecule has 0 bridgehead atoms. The fraction of sp³-hybridized carbons (Fsp3) is 0.295. The van der Waals surface area contributed by atoms with Gasteiger partial charge in [0.15, 0.2) is 0 Å². The van der Waals surface area contributed by atoms with Crippen molar-refractivity contribution in [3.8, 4) is 0 Å². The number of hydrogen-bond acceptors (Lipinski definition) is 7. The summed E-state index contributed by atoms with van der Waals surface area (Å²) in [6, 6.07) is 21.9. The number of thiol groups is 1. The van der Waals surface area contributed by atoms with Crippen LogP contribution in [0.2, 0.25) is 0 Å². The number of hydrogen-bond donors (Lipinski definition) is 1. The van der Waals surface area contributed by atoms with E-state index in [1.54, 1.807) is 32.0 Å². The molecule has 0 nitrogen and oxygen atoms in total. The highest BCUT2D eigenvalue weighted by Gasteiger charge is 2.59. The van der Waals surface area contributed by atoms with Crippen LogP contribution >= 0.6 is 83.3 Å². The quantitative estimate of drug-likeness (QED) is 0.108. The average molecular weight is 787 g/mol. The van der Waals surface area contributed by atoms with Gasteiger partial charge in [-0.05, 0) is 88.9 Å². The van der Waals surface area contributed by atoms with Gasteiger partial charge in [-0.15, -0.1) is 34.0 Å². The number of benzene rings is 2. The summed E-state index contributed by atoms with van der Waals surface area (Å²) in [5, 5.41) is 0.0330. The Morgan fingerprint density at radius 3 is 1.92 bits per heavy atom. The third-order valence-electron chi connectivity index (χ3n) is 12.8. The summed E-state index contributed by atoms with van der Waals surface area (Å²) in [6.07, 6.45) is 17.6. The molecule has 7 heteroatoms. The van der Waals surface area contributed by atoms with Crippen molar-refractivity contribution < 1.29 is 0 Å². The summed E-state index contributed by atoms with van der Waals surface area (Å²) in [6.45, 7) is 0. The lowest BCUT2D eigenvalue weighted by Gasteiger charge is -2.37. The van der Waals surface area contributed by atoms with E-state index in [0.717, 1.165) is 31.3 Å². The van der Waals surface area contributed by atoms with Gasteiger partial charge < -0.3 is 0 Å².